The predicted molar refractivity (Wildman–Crippen MR) is 98.8 cm³/mol. The number of aromatic nitrogens is 1. The molecule has 1 heterocycles. The molecule has 1 nitrogen and oxygen atoms in total. The van der Waals surface area contributed by atoms with Gasteiger partial charge in [-0.2, -0.15) is 0 Å². The number of hydrogen-bond acceptors (Lipinski definition) is 1. The Morgan fingerprint density at radius 3 is 2.88 bits per heavy atom. The zero-order chi connectivity index (χ0) is 16.1. The maximum Gasteiger partial charge on any atom is 0.0780 e. The topological polar surface area (TPSA) is 12.9 Å². The molecular formula is C23H16N. The van der Waals surface area contributed by atoms with Crippen LogP contribution in [0.5, 0.6) is 0 Å². The van der Waals surface area contributed by atoms with E-state index in [-0.39, 0.29) is 0 Å². The van der Waals surface area contributed by atoms with Crippen molar-refractivity contribution in [2.45, 2.75) is 12.8 Å². The molecule has 0 bridgehead atoms. The van der Waals surface area contributed by atoms with E-state index in [9.17, 15) is 0 Å². The summed E-state index contributed by atoms with van der Waals surface area (Å²) in [4.78, 5) is 4.65. The number of pyridine rings is 1. The minimum absolute atomic E-state index is 0.340. The summed E-state index contributed by atoms with van der Waals surface area (Å²) in [5.74, 6) is 0.340. The van der Waals surface area contributed by atoms with Crippen LogP contribution in [0.15, 0.2) is 78.5 Å². The number of para-hydroxylation sites is 1. The third kappa shape index (κ3) is 1.85. The summed E-state index contributed by atoms with van der Waals surface area (Å²) in [6.45, 7) is 2.18. The Balaban J connectivity index is 1.84. The quantitative estimate of drug-likeness (QED) is 0.577. The number of hydrogen-bond donors (Lipinski definition) is 0. The van der Waals surface area contributed by atoms with Gasteiger partial charge in [0.25, 0.3) is 0 Å². The molecule has 2 aliphatic rings. The lowest BCUT2D eigenvalue weighted by molar-refractivity contribution is 1.05. The van der Waals surface area contributed by atoms with Crippen molar-refractivity contribution >= 4 is 10.9 Å². The summed E-state index contributed by atoms with van der Waals surface area (Å²) in [5.41, 5.74) is 8.62. The van der Waals surface area contributed by atoms with Gasteiger partial charge in [-0.05, 0) is 46.9 Å². The van der Waals surface area contributed by atoms with Gasteiger partial charge in [0.05, 0.1) is 5.52 Å². The van der Waals surface area contributed by atoms with Crippen molar-refractivity contribution in [3.05, 3.63) is 101 Å². The van der Waals surface area contributed by atoms with E-state index in [4.69, 9.17) is 0 Å². The molecule has 0 fully saturated rings. The number of benzene rings is 2. The van der Waals surface area contributed by atoms with Crippen molar-refractivity contribution in [3.8, 4) is 11.1 Å². The largest absolute Gasteiger partial charge is 0.256 e. The van der Waals surface area contributed by atoms with Crippen molar-refractivity contribution in [2.24, 2.45) is 0 Å². The lowest BCUT2D eigenvalue weighted by Gasteiger charge is -2.16. The molecule has 1 atom stereocenters. The fourth-order valence-electron chi connectivity index (χ4n) is 3.85. The highest BCUT2D eigenvalue weighted by Crippen LogP contribution is 2.44. The second kappa shape index (κ2) is 5.04. The van der Waals surface area contributed by atoms with E-state index in [1.165, 1.54) is 38.8 Å². The normalized spacial score (nSPS) is 17.7. The average molecular weight is 306 g/mol. The standard InChI is InChI=1S/C23H16N/c1-15-11-12-19-18-9-3-2-6-17(18)14-21(19)22(15)20-10-4-7-16-8-5-13-24-23(16)20/h2-13,18H,1H3. The summed E-state index contributed by atoms with van der Waals surface area (Å²) >= 11 is 0. The summed E-state index contributed by atoms with van der Waals surface area (Å²) in [6.07, 6.45) is 14.2. The summed E-state index contributed by atoms with van der Waals surface area (Å²) < 4.78 is 0. The van der Waals surface area contributed by atoms with Crippen LogP contribution in [0.25, 0.3) is 22.0 Å². The van der Waals surface area contributed by atoms with Crippen LogP contribution in [0.3, 0.4) is 0 Å². The van der Waals surface area contributed by atoms with Crippen molar-refractivity contribution in [3.63, 3.8) is 0 Å². The van der Waals surface area contributed by atoms with Crippen LogP contribution in [0.2, 0.25) is 0 Å². The van der Waals surface area contributed by atoms with Gasteiger partial charge in [-0.1, -0.05) is 60.7 Å². The molecule has 1 radical (unpaired) electrons. The monoisotopic (exact) mass is 306 g/mol. The molecule has 1 aromatic heterocycles. The number of rotatable bonds is 1. The van der Waals surface area contributed by atoms with Crippen LogP contribution in [-0.2, 0) is 0 Å². The first-order valence-corrected chi connectivity index (χ1v) is 8.29. The van der Waals surface area contributed by atoms with Crippen molar-refractivity contribution in [1.82, 2.24) is 4.98 Å². The molecule has 0 aliphatic heterocycles. The number of nitrogens with zero attached hydrogens (tertiary/aromatic N) is 1. The molecule has 0 amide bonds. The van der Waals surface area contributed by atoms with E-state index in [2.05, 4.69) is 78.7 Å². The maximum absolute atomic E-state index is 4.65. The van der Waals surface area contributed by atoms with E-state index < -0.39 is 0 Å². The highest BCUT2D eigenvalue weighted by Gasteiger charge is 2.27. The Bertz CT molecular complexity index is 1060. The highest BCUT2D eigenvalue weighted by atomic mass is 14.6. The predicted octanol–water partition coefficient (Wildman–Crippen LogP) is 5.51. The van der Waals surface area contributed by atoms with Crippen molar-refractivity contribution < 1.29 is 0 Å². The number of fused-ring (bicyclic) bond motifs is 4. The van der Waals surface area contributed by atoms with Gasteiger partial charge >= 0.3 is 0 Å². The first-order valence-electron chi connectivity index (χ1n) is 8.29. The first-order chi connectivity index (χ1) is 11.8. The number of allylic oxidation sites excluding steroid dienone is 5. The molecule has 2 aliphatic carbocycles. The van der Waals surface area contributed by atoms with E-state index in [0.717, 1.165) is 5.52 Å². The Labute approximate surface area is 141 Å². The lowest BCUT2D eigenvalue weighted by atomic mass is 9.88. The van der Waals surface area contributed by atoms with Gasteiger partial charge in [0.2, 0.25) is 0 Å². The second-order valence-corrected chi connectivity index (χ2v) is 6.40. The smallest absolute Gasteiger partial charge is 0.0780 e. The van der Waals surface area contributed by atoms with Crippen molar-refractivity contribution in [1.29, 1.82) is 0 Å². The first kappa shape index (κ1) is 13.5. The highest BCUT2D eigenvalue weighted by molar-refractivity contribution is 5.96. The second-order valence-electron chi connectivity index (χ2n) is 6.40. The lowest BCUT2D eigenvalue weighted by Crippen LogP contribution is -1.98. The summed E-state index contributed by atoms with van der Waals surface area (Å²) in [7, 11) is 0. The SMILES string of the molecule is Cc1ccc2c(c1-c1cccc3cccnc13)[C]=C1C=CC=CC12. The number of aryl methyl sites for hydroxylation is 1. The fraction of sp³-hybridized carbons (Fsp3) is 0.0870. The third-order valence-electron chi connectivity index (χ3n) is 4.98. The van der Waals surface area contributed by atoms with Gasteiger partial charge in [0.1, 0.15) is 0 Å². The van der Waals surface area contributed by atoms with Crippen LogP contribution in [0, 0.1) is 13.0 Å². The van der Waals surface area contributed by atoms with Crippen LogP contribution in [0.4, 0.5) is 0 Å². The molecule has 0 saturated carbocycles. The van der Waals surface area contributed by atoms with Gasteiger partial charge in [-0.15, -0.1) is 0 Å². The Hall–Kier alpha value is -2.93. The van der Waals surface area contributed by atoms with E-state index >= 15 is 0 Å². The van der Waals surface area contributed by atoms with E-state index in [1.54, 1.807) is 0 Å². The van der Waals surface area contributed by atoms with Crippen LogP contribution < -0.4 is 0 Å². The fourth-order valence-corrected chi connectivity index (χ4v) is 3.85. The molecule has 5 rings (SSSR count). The minimum Gasteiger partial charge on any atom is -0.256 e. The summed E-state index contributed by atoms with van der Waals surface area (Å²) in [6, 6.07) is 15.0. The Morgan fingerprint density at radius 2 is 1.92 bits per heavy atom. The van der Waals surface area contributed by atoms with Gasteiger partial charge in [0.15, 0.2) is 0 Å². The average Bonchev–Trinajstić information content (AvgIpc) is 3.00. The third-order valence-corrected chi connectivity index (χ3v) is 4.98. The zero-order valence-electron chi connectivity index (χ0n) is 13.5. The van der Waals surface area contributed by atoms with Gasteiger partial charge in [0, 0.05) is 23.1 Å². The molecule has 0 saturated heterocycles. The molecule has 113 valence electrons. The van der Waals surface area contributed by atoms with Crippen LogP contribution in [-0.4, -0.2) is 4.98 Å². The van der Waals surface area contributed by atoms with Gasteiger partial charge in [-0.3, -0.25) is 4.98 Å². The molecule has 24 heavy (non-hydrogen) atoms. The molecule has 1 unspecified atom stereocenters. The zero-order valence-corrected chi connectivity index (χ0v) is 13.5. The molecule has 0 spiro atoms. The van der Waals surface area contributed by atoms with Gasteiger partial charge < -0.3 is 0 Å². The maximum atomic E-state index is 4.65. The van der Waals surface area contributed by atoms with Gasteiger partial charge in [-0.25, -0.2) is 0 Å². The summed E-state index contributed by atoms with van der Waals surface area (Å²) in [5, 5.41) is 1.18. The molecule has 2 aromatic carbocycles. The Kier molecular flexibility index (Phi) is 2.83. The molecular weight excluding hydrogens is 290 g/mol. The Morgan fingerprint density at radius 1 is 1.00 bits per heavy atom. The van der Waals surface area contributed by atoms with E-state index in [1.807, 2.05) is 12.3 Å². The van der Waals surface area contributed by atoms with E-state index in [0.29, 0.717) is 5.92 Å². The van der Waals surface area contributed by atoms with Crippen molar-refractivity contribution in [2.75, 3.05) is 0 Å². The molecule has 0 N–H and O–H groups in total. The van der Waals surface area contributed by atoms with Crippen LogP contribution >= 0.6 is 0 Å². The molecule has 1 heteroatoms. The van der Waals surface area contributed by atoms with Crippen LogP contribution in [0.1, 0.15) is 22.6 Å². The minimum atomic E-state index is 0.340. The molecule has 3 aromatic rings.